The Morgan fingerprint density at radius 1 is 1.38 bits per heavy atom. The number of nitrogens with two attached hydrogens (primary N) is 1. The first-order valence-electron chi connectivity index (χ1n) is 5.68. The van der Waals surface area contributed by atoms with Gasteiger partial charge in [0.05, 0.1) is 6.10 Å². The Labute approximate surface area is 94.3 Å². The van der Waals surface area contributed by atoms with Gasteiger partial charge in [-0.3, -0.25) is 0 Å². The molecule has 1 aliphatic carbocycles. The van der Waals surface area contributed by atoms with E-state index < -0.39 is 0 Å². The van der Waals surface area contributed by atoms with Crippen LogP contribution in [0.25, 0.3) is 10.9 Å². The third-order valence-corrected chi connectivity index (χ3v) is 3.50. The number of aromatic amines is 1. The zero-order valence-corrected chi connectivity index (χ0v) is 9.11. The van der Waals surface area contributed by atoms with Crippen LogP contribution in [0.2, 0.25) is 0 Å². The van der Waals surface area contributed by atoms with Crippen LogP contribution in [0, 0.1) is 0 Å². The number of hydrogen-bond donors (Lipinski definition) is 3. The summed E-state index contributed by atoms with van der Waals surface area (Å²) in [4.78, 5) is 3.25. The molecule has 2 aromatic rings. The number of aliphatic hydroxyl groups excluding tert-OH is 1. The first-order chi connectivity index (χ1) is 7.66. The molecule has 0 unspecified atom stereocenters. The second-order valence-electron chi connectivity index (χ2n) is 4.96. The maximum Gasteiger partial charge on any atom is 0.0575 e. The molecule has 1 fully saturated rings. The second kappa shape index (κ2) is 3.34. The van der Waals surface area contributed by atoms with Gasteiger partial charge in [0.1, 0.15) is 0 Å². The maximum absolute atomic E-state index is 9.34. The van der Waals surface area contributed by atoms with Crippen molar-refractivity contribution in [3.63, 3.8) is 0 Å². The normalized spacial score (nSPS) is 29.2. The summed E-state index contributed by atoms with van der Waals surface area (Å²) in [6.07, 6.45) is 4.10. The highest BCUT2D eigenvalue weighted by molar-refractivity contribution is 5.83. The van der Waals surface area contributed by atoms with E-state index in [2.05, 4.69) is 17.1 Å². The number of nitrogens with one attached hydrogen (secondary N) is 1. The lowest BCUT2D eigenvalue weighted by atomic mass is 9.71. The van der Waals surface area contributed by atoms with Gasteiger partial charge in [-0.1, -0.05) is 18.2 Å². The third kappa shape index (κ3) is 1.52. The number of rotatable bonds is 2. The maximum atomic E-state index is 9.34. The molecule has 84 valence electrons. The first-order valence-corrected chi connectivity index (χ1v) is 5.68. The van der Waals surface area contributed by atoms with Crippen molar-refractivity contribution >= 4 is 10.9 Å². The number of aliphatic hydroxyl groups is 1. The van der Waals surface area contributed by atoms with Gasteiger partial charge < -0.3 is 15.8 Å². The van der Waals surface area contributed by atoms with Crippen molar-refractivity contribution in [3.8, 4) is 0 Å². The van der Waals surface area contributed by atoms with Gasteiger partial charge in [-0.05, 0) is 30.9 Å². The molecule has 16 heavy (non-hydrogen) atoms. The van der Waals surface area contributed by atoms with Gasteiger partial charge in [-0.2, -0.15) is 0 Å². The topological polar surface area (TPSA) is 62.0 Å². The Bertz CT molecular complexity index is 511. The van der Waals surface area contributed by atoms with E-state index in [4.69, 9.17) is 5.73 Å². The molecule has 1 aliphatic rings. The minimum absolute atomic E-state index is 0.199. The van der Waals surface area contributed by atoms with E-state index in [1.54, 1.807) is 0 Å². The predicted molar refractivity (Wildman–Crippen MR) is 64.2 cm³/mol. The Balaban J connectivity index is 1.90. The van der Waals surface area contributed by atoms with Crippen LogP contribution in [-0.4, -0.2) is 21.7 Å². The SMILES string of the molecule is NC1(Cc2c[nH]c3ccccc23)CC(O)C1. The first kappa shape index (κ1) is 9.87. The van der Waals surface area contributed by atoms with Crippen molar-refractivity contribution in [1.82, 2.24) is 4.98 Å². The Kier molecular flexibility index (Phi) is 2.06. The van der Waals surface area contributed by atoms with Crippen LogP contribution in [0.1, 0.15) is 18.4 Å². The zero-order chi connectivity index (χ0) is 11.2. The molecule has 0 amide bonds. The van der Waals surface area contributed by atoms with Crippen molar-refractivity contribution < 1.29 is 5.11 Å². The summed E-state index contributed by atoms with van der Waals surface area (Å²) in [6.45, 7) is 0. The monoisotopic (exact) mass is 216 g/mol. The van der Waals surface area contributed by atoms with Crippen LogP contribution in [0.3, 0.4) is 0 Å². The molecule has 3 nitrogen and oxygen atoms in total. The number of fused-ring (bicyclic) bond motifs is 1. The van der Waals surface area contributed by atoms with Crippen LogP contribution in [0.15, 0.2) is 30.5 Å². The molecule has 0 radical (unpaired) electrons. The number of H-pyrrole nitrogens is 1. The van der Waals surface area contributed by atoms with Crippen LogP contribution < -0.4 is 5.73 Å². The molecule has 1 heterocycles. The molecule has 0 bridgehead atoms. The highest BCUT2D eigenvalue weighted by Gasteiger charge is 2.40. The summed E-state index contributed by atoms with van der Waals surface area (Å²) in [5.41, 5.74) is 8.41. The van der Waals surface area contributed by atoms with Crippen molar-refractivity contribution in [2.45, 2.75) is 30.9 Å². The van der Waals surface area contributed by atoms with Gasteiger partial charge in [-0.25, -0.2) is 0 Å². The Morgan fingerprint density at radius 3 is 2.88 bits per heavy atom. The summed E-state index contributed by atoms with van der Waals surface area (Å²) < 4.78 is 0. The molecule has 4 N–H and O–H groups in total. The fourth-order valence-electron chi connectivity index (χ4n) is 2.68. The van der Waals surface area contributed by atoms with Gasteiger partial charge >= 0.3 is 0 Å². The smallest absolute Gasteiger partial charge is 0.0575 e. The van der Waals surface area contributed by atoms with Gasteiger partial charge in [0.2, 0.25) is 0 Å². The number of para-hydroxylation sites is 1. The van der Waals surface area contributed by atoms with E-state index in [0.29, 0.717) is 12.8 Å². The van der Waals surface area contributed by atoms with E-state index in [1.165, 1.54) is 10.9 Å². The molecule has 1 aromatic carbocycles. The molecular weight excluding hydrogens is 200 g/mol. The molecule has 1 saturated carbocycles. The summed E-state index contributed by atoms with van der Waals surface area (Å²) in [5.74, 6) is 0. The lowest BCUT2D eigenvalue weighted by Crippen LogP contribution is -2.55. The molecular formula is C13H16N2O. The molecule has 3 rings (SSSR count). The molecule has 0 aliphatic heterocycles. The molecule has 0 atom stereocenters. The van der Waals surface area contributed by atoms with Crippen LogP contribution in [-0.2, 0) is 6.42 Å². The lowest BCUT2D eigenvalue weighted by Gasteiger charge is -2.42. The summed E-state index contributed by atoms with van der Waals surface area (Å²) >= 11 is 0. The van der Waals surface area contributed by atoms with Crippen LogP contribution in [0.4, 0.5) is 0 Å². The third-order valence-electron chi connectivity index (χ3n) is 3.50. The van der Waals surface area contributed by atoms with E-state index >= 15 is 0 Å². The van der Waals surface area contributed by atoms with Crippen molar-refractivity contribution in [3.05, 3.63) is 36.0 Å². The van der Waals surface area contributed by atoms with Crippen molar-refractivity contribution in [2.24, 2.45) is 5.73 Å². The number of hydrogen-bond acceptors (Lipinski definition) is 2. The Hall–Kier alpha value is -1.32. The molecule has 1 aromatic heterocycles. The Morgan fingerprint density at radius 2 is 2.12 bits per heavy atom. The minimum Gasteiger partial charge on any atom is -0.393 e. The van der Waals surface area contributed by atoms with E-state index in [-0.39, 0.29) is 11.6 Å². The van der Waals surface area contributed by atoms with Crippen LogP contribution >= 0.6 is 0 Å². The van der Waals surface area contributed by atoms with E-state index in [0.717, 1.165) is 11.9 Å². The predicted octanol–water partition coefficient (Wildman–Crippen LogP) is 1.56. The van der Waals surface area contributed by atoms with E-state index in [9.17, 15) is 5.11 Å². The van der Waals surface area contributed by atoms with Crippen LogP contribution in [0.5, 0.6) is 0 Å². The highest BCUT2D eigenvalue weighted by atomic mass is 16.3. The fourth-order valence-corrected chi connectivity index (χ4v) is 2.68. The molecule has 3 heteroatoms. The second-order valence-corrected chi connectivity index (χ2v) is 4.96. The molecule has 0 spiro atoms. The summed E-state index contributed by atoms with van der Waals surface area (Å²) in [5, 5.41) is 10.6. The fraction of sp³-hybridized carbons (Fsp3) is 0.385. The summed E-state index contributed by atoms with van der Waals surface area (Å²) in [6, 6.07) is 8.24. The quantitative estimate of drug-likeness (QED) is 0.713. The number of benzene rings is 1. The lowest BCUT2D eigenvalue weighted by molar-refractivity contribution is 0.0234. The zero-order valence-electron chi connectivity index (χ0n) is 9.11. The van der Waals surface area contributed by atoms with Crippen molar-refractivity contribution in [1.29, 1.82) is 0 Å². The van der Waals surface area contributed by atoms with Gasteiger partial charge in [0, 0.05) is 22.6 Å². The minimum atomic E-state index is -0.204. The van der Waals surface area contributed by atoms with Gasteiger partial charge in [0.15, 0.2) is 0 Å². The number of aromatic nitrogens is 1. The van der Waals surface area contributed by atoms with Crippen molar-refractivity contribution in [2.75, 3.05) is 0 Å². The van der Waals surface area contributed by atoms with Gasteiger partial charge in [-0.15, -0.1) is 0 Å². The largest absolute Gasteiger partial charge is 0.393 e. The van der Waals surface area contributed by atoms with Gasteiger partial charge in [0.25, 0.3) is 0 Å². The molecule has 0 saturated heterocycles. The average molecular weight is 216 g/mol. The van der Waals surface area contributed by atoms with E-state index in [1.807, 2.05) is 18.3 Å². The standard InChI is InChI=1S/C13H16N2O/c14-13(6-10(16)7-13)5-9-8-15-12-4-2-1-3-11(9)12/h1-4,8,10,15-16H,5-7,14H2. The summed E-state index contributed by atoms with van der Waals surface area (Å²) in [7, 11) is 0. The average Bonchev–Trinajstić information content (AvgIpc) is 2.60. The highest BCUT2D eigenvalue weighted by Crippen LogP contribution is 2.34.